The summed E-state index contributed by atoms with van der Waals surface area (Å²) in [5.41, 5.74) is 1.44. The van der Waals surface area contributed by atoms with E-state index in [0.717, 1.165) is 38.3 Å². The second kappa shape index (κ2) is 6.37. The van der Waals surface area contributed by atoms with Crippen LogP contribution >= 0.6 is 0 Å². The normalized spacial score (nSPS) is 16.7. The molecule has 1 aromatic rings. The van der Waals surface area contributed by atoms with Crippen molar-refractivity contribution in [3.8, 4) is 0 Å². The molecule has 2 heterocycles. The summed E-state index contributed by atoms with van der Waals surface area (Å²) >= 11 is 0. The van der Waals surface area contributed by atoms with Crippen LogP contribution in [-0.2, 0) is 0 Å². The smallest absolute Gasteiger partial charge is 0.423 e. The Bertz CT molecular complexity index is 420. The standard InChI is InChI=1S/C13H22BN3O2/c1-3-4-16-5-7-17(8-6-16)13-12(14(18)19)9-11(2)10-15-13/h9-10,18-19H,3-8H2,1-2H3. The Morgan fingerprint density at radius 1 is 1.26 bits per heavy atom. The van der Waals surface area contributed by atoms with Crippen LogP contribution in [0.1, 0.15) is 18.9 Å². The average molecular weight is 263 g/mol. The van der Waals surface area contributed by atoms with Crippen molar-refractivity contribution in [3.05, 3.63) is 17.8 Å². The zero-order valence-corrected chi connectivity index (χ0v) is 11.7. The summed E-state index contributed by atoms with van der Waals surface area (Å²) in [6, 6.07) is 1.80. The number of aromatic nitrogens is 1. The lowest BCUT2D eigenvalue weighted by Gasteiger charge is -2.36. The van der Waals surface area contributed by atoms with Crippen molar-refractivity contribution < 1.29 is 10.0 Å². The summed E-state index contributed by atoms with van der Waals surface area (Å²) in [6.45, 7) is 9.00. The third kappa shape index (κ3) is 3.46. The van der Waals surface area contributed by atoms with Gasteiger partial charge in [-0.1, -0.05) is 13.0 Å². The van der Waals surface area contributed by atoms with Gasteiger partial charge in [0.2, 0.25) is 0 Å². The lowest BCUT2D eigenvalue weighted by Crippen LogP contribution is -2.49. The van der Waals surface area contributed by atoms with Gasteiger partial charge in [-0.15, -0.1) is 0 Å². The van der Waals surface area contributed by atoms with E-state index < -0.39 is 7.12 Å². The molecule has 0 unspecified atom stereocenters. The van der Waals surface area contributed by atoms with Crippen LogP contribution in [0, 0.1) is 6.92 Å². The quantitative estimate of drug-likeness (QED) is 0.724. The number of hydrogen-bond acceptors (Lipinski definition) is 5. The Balaban J connectivity index is 2.11. The molecule has 1 aliphatic rings. The van der Waals surface area contributed by atoms with E-state index in [0.29, 0.717) is 11.3 Å². The van der Waals surface area contributed by atoms with Crippen LogP contribution in [0.5, 0.6) is 0 Å². The minimum atomic E-state index is -1.46. The van der Waals surface area contributed by atoms with E-state index in [9.17, 15) is 10.0 Å². The van der Waals surface area contributed by atoms with Crippen LogP contribution < -0.4 is 10.4 Å². The lowest BCUT2D eigenvalue weighted by atomic mass is 9.79. The third-order valence-electron chi connectivity index (χ3n) is 3.52. The predicted octanol–water partition coefficient (Wildman–Crippen LogP) is -0.398. The molecule has 0 radical (unpaired) electrons. The van der Waals surface area contributed by atoms with Crippen molar-refractivity contribution in [1.82, 2.24) is 9.88 Å². The van der Waals surface area contributed by atoms with Gasteiger partial charge in [0.15, 0.2) is 0 Å². The van der Waals surface area contributed by atoms with Crippen molar-refractivity contribution in [2.45, 2.75) is 20.3 Å². The van der Waals surface area contributed by atoms with Crippen LogP contribution in [0.3, 0.4) is 0 Å². The molecular weight excluding hydrogens is 241 g/mol. The van der Waals surface area contributed by atoms with Crippen molar-refractivity contribution in [1.29, 1.82) is 0 Å². The van der Waals surface area contributed by atoms with Crippen LogP contribution in [0.15, 0.2) is 12.3 Å². The fourth-order valence-electron chi connectivity index (χ4n) is 2.54. The van der Waals surface area contributed by atoms with Gasteiger partial charge in [-0.2, -0.15) is 0 Å². The van der Waals surface area contributed by atoms with Gasteiger partial charge in [0.05, 0.1) is 0 Å². The average Bonchev–Trinajstić information content (AvgIpc) is 2.40. The molecule has 0 amide bonds. The summed E-state index contributed by atoms with van der Waals surface area (Å²) in [6.07, 6.45) is 2.95. The van der Waals surface area contributed by atoms with Gasteiger partial charge in [-0.25, -0.2) is 4.98 Å². The summed E-state index contributed by atoms with van der Waals surface area (Å²) in [5, 5.41) is 18.9. The van der Waals surface area contributed by atoms with Crippen molar-refractivity contribution in [2.75, 3.05) is 37.6 Å². The van der Waals surface area contributed by atoms with Gasteiger partial charge >= 0.3 is 7.12 Å². The van der Waals surface area contributed by atoms with Crippen molar-refractivity contribution >= 4 is 18.4 Å². The first-order valence-electron chi connectivity index (χ1n) is 6.91. The summed E-state index contributed by atoms with van der Waals surface area (Å²) in [5.74, 6) is 0.705. The molecule has 0 saturated carbocycles. The van der Waals surface area contributed by atoms with Gasteiger partial charge in [0, 0.05) is 37.8 Å². The molecule has 1 aromatic heterocycles. The first-order valence-corrected chi connectivity index (χ1v) is 6.91. The van der Waals surface area contributed by atoms with E-state index in [1.807, 2.05) is 6.92 Å². The first kappa shape index (κ1) is 14.3. The number of rotatable bonds is 4. The van der Waals surface area contributed by atoms with Crippen molar-refractivity contribution in [2.24, 2.45) is 0 Å². The van der Waals surface area contributed by atoms with E-state index in [1.165, 1.54) is 6.42 Å². The Labute approximate surface area is 115 Å². The Morgan fingerprint density at radius 2 is 1.95 bits per heavy atom. The van der Waals surface area contributed by atoms with E-state index in [2.05, 4.69) is 21.7 Å². The topological polar surface area (TPSA) is 59.8 Å². The zero-order valence-electron chi connectivity index (χ0n) is 11.7. The van der Waals surface area contributed by atoms with E-state index in [-0.39, 0.29) is 0 Å². The lowest BCUT2D eigenvalue weighted by molar-refractivity contribution is 0.258. The van der Waals surface area contributed by atoms with Gasteiger partial charge in [0.1, 0.15) is 5.82 Å². The maximum atomic E-state index is 9.47. The predicted molar refractivity (Wildman–Crippen MR) is 77.7 cm³/mol. The highest BCUT2D eigenvalue weighted by atomic mass is 16.4. The second-order valence-electron chi connectivity index (χ2n) is 5.13. The molecule has 1 aliphatic heterocycles. The molecule has 2 N–H and O–H groups in total. The molecule has 5 nitrogen and oxygen atoms in total. The Morgan fingerprint density at radius 3 is 2.53 bits per heavy atom. The fraction of sp³-hybridized carbons (Fsp3) is 0.615. The van der Waals surface area contributed by atoms with Crippen LogP contribution in [-0.4, -0.2) is 59.8 Å². The van der Waals surface area contributed by atoms with Gasteiger partial charge < -0.3 is 14.9 Å². The highest BCUT2D eigenvalue weighted by Crippen LogP contribution is 2.13. The number of hydrogen-bond donors (Lipinski definition) is 2. The number of aryl methyl sites for hydroxylation is 1. The molecule has 104 valence electrons. The Hall–Kier alpha value is -1.11. The van der Waals surface area contributed by atoms with Gasteiger partial charge in [-0.3, -0.25) is 4.90 Å². The number of anilines is 1. The molecular formula is C13H22BN3O2. The maximum absolute atomic E-state index is 9.47. The largest absolute Gasteiger partial charge is 0.492 e. The molecule has 0 aliphatic carbocycles. The molecule has 1 fully saturated rings. The van der Waals surface area contributed by atoms with Crippen LogP contribution in [0.2, 0.25) is 0 Å². The molecule has 0 atom stereocenters. The first-order chi connectivity index (χ1) is 9.11. The summed E-state index contributed by atoms with van der Waals surface area (Å²) in [4.78, 5) is 8.95. The van der Waals surface area contributed by atoms with E-state index in [4.69, 9.17) is 0 Å². The monoisotopic (exact) mass is 263 g/mol. The maximum Gasteiger partial charge on any atom is 0.492 e. The highest BCUT2D eigenvalue weighted by Gasteiger charge is 2.24. The van der Waals surface area contributed by atoms with Gasteiger partial charge in [0.25, 0.3) is 0 Å². The minimum Gasteiger partial charge on any atom is -0.423 e. The minimum absolute atomic E-state index is 0.504. The zero-order chi connectivity index (χ0) is 13.8. The molecule has 19 heavy (non-hydrogen) atoms. The number of nitrogens with zero attached hydrogens (tertiary/aromatic N) is 3. The summed E-state index contributed by atoms with van der Waals surface area (Å²) < 4.78 is 0. The highest BCUT2D eigenvalue weighted by molar-refractivity contribution is 6.60. The van der Waals surface area contributed by atoms with Crippen LogP contribution in [0.4, 0.5) is 5.82 Å². The number of pyridine rings is 1. The molecule has 0 spiro atoms. The molecule has 2 rings (SSSR count). The molecule has 0 aromatic carbocycles. The summed E-state index contributed by atoms with van der Waals surface area (Å²) in [7, 11) is -1.46. The van der Waals surface area contributed by atoms with Gasteiger partial charge in [-0.05, 0) is 25.5 Å². The fourth-order valence-corrected chi connectivity index (χ4v) is 2.54. The SMILES string of the molecule is CCCN1CCN(c2ncc(C)cc2B(O)O)CC1. The van der Waals surface area contributed by atoms with E-state index >= 15 is 0 Å². The van der Waals surface area contributed by atoms with Crippen molar-refractivity contribution in [3.63, 3.8) is 0 Å². The van der Waals surface area contributed by atoms with Crippen LogP contribution in [0.25, 0.3) is 0 Å². The second-order valence-corrected chi connectivity index (χ2v) is 5.13. The third-order valence-corrected chi connectivity index (χ3v) is 3.52. The molecule has 6 heteroatoms. The number of piperazine rings is 1. The van der Waals surface area contributed by atoms with E-state index in [1.54, 1.807) is 12.3 Å². The molecule has 1 saturated heterocycles. The Kier molecular flexibility index (Phi) is 4.79. The molecule has 0 bridgehead atoms.